The molecule has 2 saturated heterocycles. The summed E-state index contributed by atoms with van der Waals surface area (Å²) < 4.78 is 5.42. The number of nitrogens with zero attached hydrogens (tertiary/aromatic N) is 3. The number of hydrogen-bond donors (Lipinski definition) is 1. The number of carbonyl (C=O) groups is 2. The fourth-order valence-electron chi connectivity index (χ4n) is 3.17. The second-order valence-electron chi connectivity index (χ2n) is 6.18. The Balaban J connectivity index is 1.63. The van der Waals surface area contributed by atoms with Crippen LogP contribution in [-0.4, -0.2) is 64.1 Å². The van der Waals surface area contributed by atoms with Crippen molar-refractivity contribution < 1.29 is 14.3 Å². The first-order chi connectivity index (χ1) is 11.1. The Hall–Kier alpha value is -2.22. The topological polar surface area (TPSA) is 95.6 Å². The Bertz CT molecular complexity index is 712. The maximum Gasteiger partial charge on any atom is 0.274 e. The molecule has 4 rings (SSSR count). The van der Waals surface area contributed by atoms with Crippen LogP contribution in [0.2, 0.25) is 0 Å². The first-order valence-electron chi connectivity index (χ1n) is 7.93. The van der Waals surface area contributed by atoms with E-state index in [1.807, 2.05) is 0 Å². The fourth-order valence-corrected chi connectivity index (χ4v) is 3.17. The maximum atomic E-state index is 12.8. The normalized spacial score (nSPS) is 24.5. The van der Waals surface area contributed by atoms with E-state index in [9.17, 15) is 14.4 Å². The molecular weight excluding hydrogens is 300 g/mol. The number of aromatic nitrogens is 2. The molecule has 2 amide bonds. The number of amides is 2. The molecule has 0 radical (unpaired) electrons. The van der Waals surface area contributed by atoms with Crippen LogP contribution in [-0.2, 0) is 9.53 Å². The third-order valence-electron chi connectivity index (χ3n) is 4.55. The quantitative estimate of drug-likeness (QED) is 0.806. The van der Waals surface area contributed by atoms with Crippen molar-refractivity contribution in [3.05, 3.63) is 27.9 Å². The Morgan fingerprint density at radius 1 is 1.30 bits per heavy atom. The molecule has 1 N–H and O–H groups in total. The number of carbonyl (C=O) groups excluding carboxylic acids is 2. The summed E-state index contributed by atoms with van der Waals surface area (Å²) in [7, 11) is 0. The Morgan fingerprint density at radius 3 is 2.91 bits per heavy atom. The first kappa shape index (κ1) is 14.4. The van der Waals surface area contributed by atoms with Crippen LogP contribution < -0.4 is 5.56 Å². The number of nitrogens with one attached hydrogen (secondary N) is 1. The molecule has 1 saturated carbocycles. The van der Waals surface area contributed by atoms with E-state index in [1.54, 1.807) is 9.80 Å². The van der Waals surface area contributed by atoms with Gasteiger partial charge < -0.3 is 19.5 Å². The van der Waals surface area contributed by atoms with Gasteiger partial charge in [0.1, 0.15) is 17.7 Å². The third kappa shape index (κ3) is 2.63. The van der Waals surface area contributed by atoms with E-state index >= 15 is 0 Å². The number of rotatable bonds is 2. The van der Waals surface area contributed by atoms with Crippen LogP contribution in [0.25, 0.3) is 0 Å². The minimum absolute atomic E-state index is 0.0416. The number of ether oxygens (including phenoxy) is 1. The van der Waals surface area contributed by atoms with Crippen LogP contribution in [0.15, 0.2) is 10.9 Å². The zero-order valence-electron chi connectivity index (χ0n) is 12.7. The van der Waals surface area contributed by atoms with Crippen molar-refractivity contribution in [1.29, 1.82) is 0 Å². The Morgan fingerprint density at radius 2 is 2.13 bits per heavy atom. The lowest BCUT2D eigenvalue weighted by Gasteiger charge is -2.45. The number of H-pyrrole nitrogens is 1. The minimum Gasteiger partial charge on any atom is -0.376 e. The largest absolute Gasteiger partial charge is 0.376 e. The van der Waals surface area contributed by atoms with E-state index in [-0.39, 0.29) is 29.0 Å². The predicted octanol–water partition coefficient (Wildman–Crippen LogP) is -0.322. The average Bonchev–Trinajstić information content (AvgIpc) is 3.39. The molecule has 8 heteroatoms. The van der Waals surface area contributed by atoms with Gasteiger partial charge in [-0.2, -0.15) is 0 Å². The zero-order valence-corrected chi connectivity index (χ0v) is 12.7. The van der Waals surface area contributed by atoms with Crippen molar-refractivity contribution >= 4 is 11.8 Å². The third-order valence-corrected chi connectivity index (χ3v) is 4.55. The van der Waals surface area contributed by atoms with Crippen molar-refractivity contribution in [3.8, 4) is 0 Å². The number of hydrogen-bond acceptors (Lipinski definition) is 5. The molecule has 0 bridgehead atoms. The van der Waals surface area contributed by atoms with E-state index in [2.05, 4.69) is 9.97 Å². The summed E-state index contributed by atoms with van der Waals surface area (Å²) in [6, 6.07) is 1.23. The molecule has 1 atom stereocenters. The molecule has 3 aliphatic rings. The first-order valence-corrected chi connectivity index (χ1v) is 7.93. The van der Waals surface area contributed by atoms with Crippen LogP contribution in [0.4, 0.5) is 0 Å². The van der Waals surface area contributed by atoms with Gasteiger partial charge in [-0.25, -0.2) is 4.98 Å². The van der Waals surface area contributed by atoms with E-state index in [4.69, 9.17) is 4.74 Å². The van der Waals surface area contributed by atoms with Gasteiger partial charge in [0.05, 0.1) is 13.2 Å². The molecule has 2 aliphatic heterocycles. The molecule has 1 aliphatic carbocycles. The highest BCUT2D eigenvalue weighted by atomic mass is 16.5. The predicted molar refractivity (Wildman–Crippen MR) is 78.8 cm³/mol. The smallest absolute Gasteiger partial charge is 0.274 e. The molecule has 3 heterocycles. The van der Waals surface area contributed by atoms with Crippen molar-refractivity contribution in [2.75, 3.05) is 26.3 Å². The molecule has 23 heavy (non-hydrogen) atoms. The van der Waals surface area contributed by atoms with E-state index in [0.29, 0.717) is 38.5 Å². The van der Waals surface area contributed by atoms with Gasteiger partial charge in [0.25, 0.3) is 11.5 Å². The Labute approximate surface area is 132 Å². The lowest BCUT2D eigenvalue weighted by Crippen LogP contribution is -2.62. The maximum absolute atomic E-state index is 12.8. The minimum atomic E-state index is -0.400. The fraction of sp³-hybridized carbons (Fsp3) is 0.600. The van der Waals surface area contributed by atoms with Gasteiger partial charge in [0, 0.05) is 31.5 Å². The highest BCUT2D eigenvalue weighted by Crippen LogP contribution is 2.37. The van der Waals surface area contributed by atoms with Gasteiger partial charge in [0.2, 0.25) is 5.91 Å². The van der Waals surface area contributed by atoms with E-state index < -0.39 is 6.17 Å². The molecule has 1 unspecified atom stereocenters. The highest BCUT2D eigenvalue weighted by Gasteiger charge is 2.39. The zero-order chi connectivity index (χ0) is 16.0. The molecule has 122 valence electrons. The number of morpholine rings is 1. The Kier molecular flexibility index (Phi) is 3.41. The SMILES string of the molecule is O=C1CCN(C(=O)c2cc(=O)[nH]c(C3CC3)n2)C2COCCN12. The summed E-state index contributed by atoms with van der Waals surface area (Å²) in [4.78, 5) is 47.0. The second kappa shape index (κ2) is 5.45. The summed E-state index contributed by atoms with van der Waals surface area (Å²) in [5.74, 6) is 0.574. The van der Waals surface area contributed by atoms with Gasteiger partial charge in [-0.05, 0) is 12.8 Å². The molecule has 8 nitrogen and oxygen atoms in total. The van der Waals surface area contributed by atoms with Crippen molar-refractivity contribution in [2.45, 2.75) is 31.3 Å². The van der Waals surface area contributed by atoms with Gasteiger partial charge in [0.15, 0.2) is 0 Å². The molecular formula is C15H18N4O4. The summed E-state index contributed by atoms with van der Waals surface area (Å²) in [6.07, 6.45) is 1.87. The van der Waals surface area contributed by atoms with Gasteiger partial charge in [-0.3, -0.25) is 14.4 Å². The van der Waals surface area contributed by atoms with Crippen molar-refractivity contribution in [3.63, 3.8) is 0 Å². The van der Waals surface area contributed by atoms with Gasteiger partial charge in [-0.15, -0.1) is 0 Å². The lowest BCUT2D eigenvalue weighted by molar-refractivity contribution is -0.154. The number of fused-ring (bicyclic) bond motifs is 1. The van der Waals surface area contributed by atoms with Crippen LogP contribution >= 0.6 is 0 Å². The van der Waals surface area contributed by atoms with Crippen molar-refractivity contribution in [2.24, 2.45) is 0 Å². The molecule has 0 spiro atoms. The van der Waals surface area contributed by atoms with Gasteiger partial charge >= 0.3 is 0 Å². The lowest BCUT2D eigenvalue weighted by atomic mass is 10.1. The molecule has 0 aromatic carbocycles. The second-order valence-corrected chi connectivity index (χ2v) is 6.18. The molecule has 1 aromatic heterocycles. The van der Waals surface area contributed by atoms with Crippen molar-refractivity contribution in [1.82, 2.24) is 19.8 Å². The summed E-state index contributed by atoms with van der Waals surface area (Å²) in [6.45, 7) is 1.61. The summed E-state index contributed by atoms with van der Waals surface area (Å²) in [5.41, 5.74) is -0.161. The van der Waals surface area contributed by atoms with Gasteiger partial charge in [-0.1, -0.05) is 0 Å². The van der Waals surface area contributed by atoms with E-state index in [1.165, 1.54) is 6.07 Å². The summed E-state index contributed by atoms with van der Waals surface area (Å²) >= 11 is 0. The molecule has 1 aromatic rings. The van der Waals surface area contributed by atoms with Crippen LogP contribution in [0.5, 0.6) is 0 Å². The highest BCUT2D eigenvalue weighted by molar-refractivity contribution is 5.93. The number of aromatic amines is 1. The monoisotopic (exact) mass is 318 g/mol. The molecule has 3 fully saturated rings. The summed E-state index contributed by atoms with van der Waals surface area (Å²) in [5, 5.41) is 0. The van der Waals surface area contributed by atoms with Crippen LogP contribution in [0.1, 0.15) is 41.5 Å². The van der Waals surface area contributed by atoms with Crippen LogP contribution in [0, 0.1) is 0 Å². The van der Waals surface area contributed by atoms with Crippen LogP contribution in [0.3, 0.4) is 0 Å². The average molecular weight is 318 g/mol. The van der Waals surface area contributed by atoms with E-state index in [0.717, 1.165) is 12.8 Å². The standard InChI is InChI=1S/C15H18N4O4/c20-11-7-10(16-14(17-11)9-1-2-9)15(22)19-4-3-13(21)18-5-6-23-8-12(18)19/h7,9,12H,1-6,8H2,(H,16,17,20).